The van der Waals surface area contributed by atoms with Gasteiger partial charge in [0.25, 0.3) is 11.8 Å². The minimum absolute atomic E-state index is 0.0907. The van der Waals surface area contributed by atoms with Crippen LogP contribution in [-0.4, -0.2) is 28.9 Å². The van der Waals surface area contributed by atoms with Gasteiger partial charge in [-0.25, -0.2) is 4.39 Å². The standard InChI is InChI=1S/C21H21FN2O4/c1-12-9-10-13(19(25)23-17-8-4-6-15(17)21(27)28)11-18(12)24-20(26)14-5-2-3-7-16(14)22/h2-3,5,7,9-11,15,17H,4,6,8H2,1H3,(H,23,25)(H,24,26)(H,27,28)/t15-,17+/m0/s1. The van der Waals surface area contributed by atoms with E-state index in [1.54, 1.807) is 25.1 Å². The topological polar surface area (TPSA) is 95.5 Å². The fraction of sp³-hybridized carbons (Fsp3) is 0.286. The van der Waals surface area contributed by atoms with Gasteiger partial charge < -0.3 is 15.7 Å². The quantitative estimate of drug-likeness (QED) is 0.737. The minimum Gasteiger partial charge on any atom is -0.481 e. The Morgan fingerprint density at radius 1 is 1.07 bits per heavy atom. The number of carbonyl (C=O) groups excluding carboxylic acids is 2. The Kier molecular flexibility index (Phi) is 5.73. The van der Waals surface area contributed by atoms with Crippen LogP contribution in [0.1, 0.15) is 45.5 Å². The highest BCUT2D eigenvalue weighted by molar-refractivity contribution is 6.05. The van der Waals surface area contributed by atoms with Gasteiger partial charge in [0.1, 0.15) is 5.82 Å². The minimum atomic E-state index is -0.912. The van der Waals surface area contributed by atoms with Gasteiger partial charge in [-0.05, 0) is 49.6 Å². The molecule has 1 aliphatic rings. The van der Waals surface area contributed by atoms with E-state index in [0.29, 0.717) is 29.7 Å². The Labute approximate surface area is 161 Å². The van der Waals surface area contributed by atoms with Crippen molar-refractivity contribution in [3.8, 4) is 0 Å². The predicted octanol–water partition coefficient (Wildman–Crippen LogP) is 3.37. The predicted molar refractivity (Wildman–Crippen MR) is 102 cm³/mol. The first kappa shape index (κ1) is 19.5. The molecule has 0 heterocycles. The van der Waals surface area contributed by atoms with Crippen LogP contribution < -0.4 is 10.6 Å². The van der Waals surface area contributed by atoms with Crippen LogP contribution in [0.15, 0.2) is 42.5 Å². The molecule has 1 aliphatic carbocycles. The van der Waals surface area contributed by atoms with Gasteiger partial charge in [-0.15, -0.1) is 0 Å². The number of anilines is 1. The zero-order valence-electron chi connectivity index (χ0n) is 15.4. The van der Waals surface area contributed by atoms with Crippen molar-refractivity contribution in [2.45, 2.75) is 32.2 Å². The van der Waals surface area contributed by atoms with E-state index in [9.17, 15) is 23.9 Å². The molecule has 28 heavy (non-hydrogen) atoms. The maximum atomic E-state index is 13.8. The second kappa shape index (κ2) is 8.21. The molecule has 1 fully saturated rings. The van der Waals surface area contributed by atoms with Gasteiger partial charge in [-0.1, -0.05) is 24.6 Å². The van der Waals surface area contributed by atoms with Crippen molar-refractivity contribution in [3.63, 3.8) is 0 Å². The summed E-state index contributed by atoms with van der Waals surface area (Å²) >= 11 is 0. The summed E-state index contributed by atoms with van der Waals surface area (Å²) in [5.74, 6) is -3.15. The van der Waals surface area contributed by atoms with Gasteiger partial charge in [0.05, 0.1) is 11.5 Å². The van der Waals surface area contributed by atoms with Gasteiger partial charge >= 0.3 is 5.97 Å². The second-order valence-electron chi connectivity index (χ2n) is 6.92. The summed E-state index contributed by atoms with van der Waals surface area (Å²) in [6, 6.07) is 10.0. The fourth-order valence-electron chi connectivity index (χ4n) is 3.41. The first-order valence-electron chi connectivity index (χ1n) is 9.07. The number of carboxylic acid groups (broad SMARTS) is 1. The molecular weight excluding hydrogens is 363 g/mol. The largest absolute Gasteiger partial charge is 0.481 e. The van der Waals surface area contributed by atoms with Gasteiger partial charge in [0, 0.05) is 17.3 Å². The van der Waals surface area contributed by atoms with E-state index in [1.165, 1.54) is 24.3 Å². The van der Waals surface area contributed by atoms with E-state index in [2.05, 4.69) is 10.6 Å². The van der Waals surface area contributed by atoms with Gasteiger partial charge in [-0.2, -0.15) is 0 Å². The normalized spacial score (nSPS) is 18.5. The van der Waals surface area contributed by atoms with E-state index < -0.39 is 35.6 Å². The molecular formula is C21H21FN2O4. The Morgan fingerprint density at radius 2 is 1.82 bits per heavy atom. The first-order valence-corrected chi connectivity index (χ1v) is 9.07. The lowest BCUT2D eigenvalue weighted by atomic mass is 10.0. The average molecular weight is 384 g/mol. The highest BCUT2D eigenvalue weighted by Gasteiger charge is 2.34. The number of nitrogens with one attached hydrogen (secondary N) is 2. The van der Waals surface area contributed by atoms with Crippen LogP contribution in [0.2, 0.25) is 0 Å². The number of amides is 2. The van der Waals surface area contributed by atoms with Crippen LogP contribution in [0.5, 0.6) is 0 Å². The molecule has 0 spiro atoms. The number of halogens is 1. The molecule has 3 rings (SSSR count). The number of hydrogen-bond acceptors (Lipinski definition) is 3. The summed E-state index contributed by atoms with van der Waals surface area (Å²) in [4.78, 5) is 36.2. The Balaban J connectivity index is 1.76. The molecule has 6 nitrogen and oxygen atoms in total. The van der Waals surface area contributed by atoms with E-state index in [-0.39, 0.29) is 5.56 Å². The van der Waals surface area contributed by atoms with Gasteiger partial charge in [-0.3, -0.25) is 14.4 Å². The van der Waals surface area contributed by atoms with Crippen LogP contribution in [0, 0.1) is 18.7 Å². The van der Waals surface area contributed by atoms with E-state index in [1.807, 2.05) is 0 Å². The number of aryl methyl sites for hydroxylation is 1. The fourth-order valence-corrected chi connectivity index (χ4v) is 3.41. The molecule has 0 saturated heterocycles. The number of carboxylic acids is 1. The van der Waals surface area contributed by atoms with Crippen molar-refractivity contribution in [2.24, 2.45) is 5.92 Å². The molecule has 2 aromatic carbocycles. The monoisotopic (exact) mass is 384 g/mol. The van der Waals surface area contributed by atoms with Gasteiger partial charge in [0.15, 0.2) is 0 Å². The number of benzene rings is 2. The lowest BCUT2D eigenvalue weighted by Gasteiger charge is -2.18. The molecule has 0 aliphatic heterocycles. The summed E-state index contributed by atoms with van der Waals surface area (Å²) in [6.45, 7) is 1.76. The number of hydrogen-bond donors (Lipinski definition) is 3. The zero-order valence-corrected chi connectivity index (χ0v) is 15.4. The smallest absolute Gasteiger partial charge is 0.308 e. The molecule has 0 bridgehead atoms. The summed E-state index contributed by atoms with van der Waals surface area (Å²) in [5, 5.41) is 14.7. The van der Waals surface area contributed by atoms with Crippen LogP contribution in [-0.2, 0) is 4.79 Å². The summed E-state index contributed by atoms with van der Waals surface area (Å²) in [6.07, 6.45) is 1.91. The van der Waals surface area contributed by atoms with Crippen LogP contribution in [0.4, 0.5) is 10.1 Å². The third-order valence-corrected chi connectivity index (χ3v) is 5.02. The molecule has 7 heteroatoms. The molecule has 2 amide bonds. The van der Waals surface area contributed by atoms with Crippen LogP contribution in [0.25, 0.3) is 0 Å². The van der Waals surface area contributed by atoms with Crippen molar-refractivity contribution < 1.29 is 23.9 Å². The maximum absolute atomic E-state index is 13.8. The molecule has 2 aromatic rings. The highest BCUT2D eigenvalue weighted by atomic mass is 19.1. The summed E-state index contributed by atoms with van der Waals surface area (Å²) in [5.41, 5.74) is 1.31. The Morgan fingerprint density at radius 3 is 2.54 bits per heavy atom. The zero-order chi connectivity index (χ0) is 20.3. The molecule has 1 saturated carbocycles. The van der Waals surface area contributed by atoms with Crippen molar-refractivity contribution in [1.82, 2.24) is 5.32 Å². The number of rotatable bonds is 5. The third-order valence-electron chi connectivity index (χ3n) is 5.02. The molecule has 0 aromatic heterocycles. The Hall–Kier alpha value is -3.22. The highest BCUT2D eigenvalue weighted by Crippen LogP contribution is 2.26. The summed E-state index contributed by atoms with van der Waals surface area (Å²) < 4.78 is 13.8. The van der Waals surface area contributed by atoms with Crippen molar-refractivity contribution in [2.75, 3.05) is 5.32 Å². The van der Waals surface area contributed by atoms with Crippen molar-refractivity contribution in [3.05, 3.63) is 65.0 Å². The SMILES string of the molecule is Cc1ccc(C(=O)N[C@@H]2CCC[C@@H]2C(=O)O)cc1NC(=O)c1ccccc1F. The van der Waals surface area contributed by atoms with Gasteiger partial charge in [0.2, 0.25) is 0 Å². The van der Waals surface area contributed by atoms with E-state index in [0.717, 1.165) is 6.42 Å². The van der Waals surface area contributed by atoms with Crippen LogP contribution >= 0.6 is 0 Å². The lowest BCUT2D eigenvalue weighted by molar-refractivity contribution is -0.142. The number of carbonyl (C=O) groups is 3. The van der Waals surface area contributed by atoms with E-state index >= 15 is 0 Å². The Bertz CT molecular complexity index is 928. The lowest BCUT2D eigenvalue weighted by Crippen LogP contribution is -2.40. The third kappa shape index (κ3) is 4.19. The first-order chi connectivity index (χ1) is 13.4. The molecule has 146 valence electrons. The van der Waals surface area contributed by atoms with Crippen LogP contribution in [0.3, 0.4) is 0 Å². The van der Waals surface area contributed by atoms with E-state index in [4.69, 9.17) is 0 Å². The second-order valence-corrected chi connectivity index (χ2v) is 6.92. The molecule has 3 N–H and O–H groups in total. The van der Waals surface area contributed by atoms with Crippen molar-refractivity contribution in [1.29, 1.82) is 0 Å². The molecule has 0 radical (unpaired) electrons. The van der Waals surface area contributed by atoms with Crippen molar-refractivity contribution >= 4 is 23.5 Å². The summed E-state index contributed by atoms with van der Waals surface area (Å²) in [7, 11) is 0. The molecule has 0 unspecified atom stereocenters. The molecule has 2 atom stereocenters. The average Bonchev–Trinajstić information content (AvgIpc) is 3.12. The maximum Gasteiger partial charge on any atom is 0.308 e. The number of aliphatic carboxylic acids is 1.